The summed E-state index contributed by atoms with van der Waals surface area (Å²) < 4.78 is 11.6. The van der Waals surface area contributed by atoms with Crippen LogP contribution in [0.3, 0.4) is 0 Å². The number of aromatic nitrogens is 2. The highest BCUT2D eigenvalue weighted by Gasteiger charge is 2.16. The summed E-state index contributed by atoms with van der Waals surface area (Å²) in [5.41, 5.74) is 5.74. The van der Waals surface area contributed by atoms with Gasteiger partial charge in [0, 0.05) is 24.4 Å². The van der Waals surface area contributed by atoms with Gasteiger partial charge >= 0.3 is 6.09 Å². The first-order chi connectivity index (χ1) is 13.6. The number of oxime groups is 1. The minimum Gasteiger partial charge on any atom is -0.441 e. The normalized spacial score (nSPS) is 11.4. The van der Waals surface area contributed by atoms with Gasteiger partial charge in [0.1, 0.15) is 0 Å². The largest absolute Gasteiger partial charge is 0.441 e. The number of halogens is 2. The molecule has 0 spiro atoms. The van der Waals surface area contributed by atoms with E-state index in [4.69, 9.17) is 43.6 Å². The monoisotopic (exact) mass is 443 g/mol. The number of anilines is 1. The van der Waals surface area contributed by atoms with Crippen LogP contribution in [0.15, 0.2) is 28.1 Å². The number of ether oxygens (including phenoxy) is 2. The molecule has 2 rings (SSSR count). The number of carbonyl (C=O) groups is 1. The van der Waals surface area contributed by atoms with Crippen LogP contribution in [0.25, 0.3) is 0 Å². The summed E-state index contributed by atoms with van der Waals surface area (Å²) in [7, 11) is 1.51. The molecule has 10 nitrogen and oxygen atoms in total. The third kappa shape index (κ3) is 5.75. The van der Waals surface area contributed by atoms with Crippen LogP contribution in [0, 0.1) is 0 Å². The van der Waals surface area contributed by atoms with Crippen LogP contribution in [0.2, 0.25) is 10.0 Å². The molecule has 0 radical (unpaired) electrons. The Morgan fingerprint density at radius 2 is 1.97 bits per heavy atom. The molecule has 29 heavy (non-hydrogen) atoms. The Bertz CT molecular complexity index is 983. The van der Waals surface area contributed by atoms with Crippen molar-refractivity contribution in [2.75, 3.05) is 11.9 Å². The van der Waals surface area contributed by atoms with Crippen molar-refractivity contribution in [3.63, 3.8) is 0 Å². The Hall–Kier alpha value is -2.98. The Balaban J connectivity index is 2.22. The van der Waals surface area contributed by atoms with E-state index < -0.39 is 12.7 Å². The van der Waals surface area contributed by atoms with Crippen LogP contribution in [0.4, 0.5) is 10.5 Å². The van der Waals surface area contributed by atoms with Gasteiger partial charge in [-0.25, -0.2) is 9.48 Å². The van der Waals surface area contributed by atoms with Gasteiger partial charge in [-0.05, 0) is 18.1 Å². The molecular formula is C17H19Cl2N5O5. The fraction of sp³-hybridized carbons (Fsp3) is 0.294. The molecule has 0 saturated carbocycles. The number of rotatable bonds is 6. The molecule has 12 heteroatoms. The van der Waals surface area contributed by atoms with E-state index in [2.05, 4.69) is 15.6 Å². The lowest BCUT2D eigenvalue weighted by Gasteiger charge is -2.14. The van der Waals surface area contributed by atoms with Gasteiger partial charge in [-0.15, -0.1) is 5.10 Å². The van der Waals surface area contributed by atoms with E-state index in [1.165, 1.54) is 29.9 Å². The predicted octanol–water partition coefficient (Wildman–Crippen LogP) is 3.30. The maximum absolute atomic E-state index is 12.1. The van der Waals surface area contributed by atoms with Gasteiger partial charge in [0.2, 0.25) is 5.88 Å². The molecule has 1 aromatic heterocycles. The predicted molar refractivity (Wildman–Crippen MR) is 108 cm³/mol. The second-order valence-electron chi connectivity index (χ2n) is 6.18. The minimum atomic E-state index is -0.862. The molecule has 2 aromatic rings. The first kappa shape index (κ1) is 22.3. The average Bonchev–Trinajstić information content (AvgIpc) is 2.65. The smallest absolute Gasteiger partial charge is 0.412 e. The van der Waals surface area contributed by atoms with Crippen LogP contribution in [0.5, 0.6) is 11.6 Å². The van der Waals surface area contributed by atoms with E-state index in [1.807, 2.05) is 13.8 Å². The third-order valence-corrected chi connectivity index (χ3v) is 4.18. The van der Waals surface area contributed by atoms with Crippen LogP contribution >= 0.6 is 23.2 Å². The van der Waals surface area contributed by atoms with Crippen molar-refractivity contribution >= 4 is 40.8 Å². The fourth-order valence-corrected chi connectivity index (χ4v) is 2.79. The van der Waals surface area contributed by atoms with Crippen molar-refractivity contribution in [2.45, 2.75) is 19.8 Å². The maximum atomic E-state index is 12.1. The van der Waals surface area contributed by atoms with Gasteiger partial charge in [0.15, 0.2) is 18.2 Å². The summed E-state index contributed by atoms with van der Waals surface area (Å²) in [6.07, 6.45) is -0.862. The van der Waals surface area contributed by atoms with E-state index in [-0.39, 0.29) is 44.7 Å². The topological polar surface area (TPSA) is 141 Å². The van der Waals surface area contributed by atoms with Crippen LogP contribution in [0.1, 0.15) is 25.3 Å². The lowest BCUT2D eigenvalue weighted by Crippen LogP contribution is -2.24. The molecule has 1 aromatic carbocycles. The number of hydrogen-bond acceptors (Lipinski definition) is 7. The summed E-state index contributed by atoms with van der Waals surface area (Å²) >= 11 is 12.4. The number of hydrogen-bond donors (Lipinski definition) is 3. The molecule has 156 valence electrons. The summed E-state index contributed by atoms with van der Waals surface area (Å²) in [6, 6.07) is 4.30. The molecule has 1 amide bonds. The van der Waals surface area contributed by atoms with Crippen molar-refractivity contribution < 1.29 is 19.5 Å². The molecule has 0 aliphatic carbocycles. The number of carbonyl (C=O) groups excluding carboxylic acids is 1. The summed E-state index contributed by atoms with van der Waals surface area (Å²) in [4.78, 5) is 23.8. The molecule has 0 bridgehead atoms. The Kier molecular flexibility index (Phi) is 7.29. The molecule has 4 N–H and O–H groups in total. The summed E-state index contributed by atoms with van der Waals surface area (Å²) in [6.45, 7) is 3.35. The van der Waals surface area contributed by atoms with Gasteiger partial charge in [-0.2, -0.15) is 0 Å². The maximum Gasteiger partial charge on any atom is 0.412 e. The molecule has 1 heterocycles. The molecular weight excluding hydrogens is 425 g/mol. The Morgan fingerprint density at radius 3 is 2.52 bits per heavy atom. The van der Waals surface area contributed by atoms with Gasteiger partial charge in [0.05, 0.1) is 10.0 Å². The average molecular weight is 444 g/mol. The highest BCUT2D eigenvalue weighted by Crippen LogP contribution is 2.38. The Labute approximate surface area is 175 Å². The highest BCUT2D eigenvalue weighted by atomic mass is 35.5. The van der Waals surface area contributed by atoms with E-state index in [0.29, 0.717) is 5.56 Å². The molecule has 0 unspecified atom stereocenters. The quantitative estimate of drug-likeness (QED) is 0.269. The van der Waals surface area contributed by atoms with Gasteiger partial charge in [-0.3, -0.25) is 10.1 Å². The van der Waals surface area contributed by atoms with Crippen molar-refractivity contribution in [1.29, 1.82) is 0 Å². The van der Waals surface area contributed by atoms with Crippen molar-refractivity contribution in [3.05, 3.63) is 44.2 Å². The van der Waals surface area contributed by atoms with Crippen molar-refractivity contribution in [1.82, 2.24) is 9.78 Å². The Morgan fingerprint density at radius 1 is 1.34 bits per heavy atom. The first-order valence-electron chi connectivity index (χ1n) is 8.27. The van der Waals surface area contributed by atoms with E-state index in [0.717, 1.165) is 0 Å². The zero-order valence-electron chi connectivity index (χ0n) is 15.8. The van der Waals surface area contributed by atoms with E-state index in [9.17, 15) is 9.59 Å². The minimum absolute atomic E-state index is 0.0347. The SMILES string of the molecule is CC(C)c1cc(Oc2c(Cl)cc(NC(=O)OCC(N)=NO)cc2Cl)nn(C)c1=O. The molecule has 0 atom stereocenters. The van der Waals surface area contributed by atoms with Crippen LogP contribution in [-0.2, 0) is 11.8 Å². The van der Waals surface area contributed by atoms with Gasteiger partial charge < -0.3 is 20.4 Å². The van der Waals surface area contributed by atoms with Crippen molar-refractivity contribution in [3.8, 4) is 11.6 Å². The fourth-order valence-electron chi connectivity index (χ4n) is 2.22. The number of benzene rings is 1. The second kappa shape index (κ2) is 9.48. The summed E-state index contributed by atoms with van der Waals surface area (Å²) in [5, 5.41) is 17.7. The van der Waals surface area contributed by atoms with Crippen molar-refractivity contribution in [2.24, 2.45) is 17.9 Å². The zero-order chi connectivity index (χ0) is 21.7. The van der Waals surface area contributed by atoms with Crippen LogP contribution < -0.4 is 21.3 Å². The number of amidine groups is 1. The van der Waals surface area contributed by atoms with Gasteiger partial charge in [0.25, 0.3) is 5.56 Å². The lowest BCUT2D eigenvalue weighted by molar-refractivity contribution is 0.176. The van der Waals surface area contributed by atoms with Crippen LogP contribution in [-0.4, -0.2) is 33.5 Å². The highest BCUT2D eigenvalue weighted by molar-refractivity contribution is 6.37. The van der Waals surface area contributed by atoms with E-state index >= 15 is 0 Å². The standard InChI is InChI=1S/C17H19Cl2N5O5/c1-8(2)10-6-14(22-24(3)16(10)25)29-15-11(18)4-9(5-12(15)19)21-17(26)28-7-13(20)23-27/h4-6,8,27H,7H2,1-3H3,(H2,20,23)(H,21,26). The molecule has 0 aliphatic rings. The number of amides is 1. The van der Waals surface area contributed by atoms with E-state index in [1.54, 1.807) is 0 Å². The number of aryl methyl sites for hydroxylation is 1. The number of nitrogens with zero attached hydrogens (tertiary/aromatic N) is 3. The zero-order valence-corrected chi connectivity index (χ0v) is 17.3. The van der Waals surface area contributed by atoms with Gasteiger partial charge in [-0.1, -0.05) is 42.2 Å². The molecule has 0 saturated heterocycles. The summed E-state index contributed by atoms with van der Waals surface area (Å²) in [5.74, 6) is -0.0683. The molecule has 0 aliphatic heterocycles. The lowest BCUT2D eigenvalue weighted by atomic mass is 10.1. The molecule has 0 fully saturated rings. The number of nitrogens with one attached hydrogen (secondary N) is 1. The number of nitrogens with two attached hydrogens (primary N) is 1. The second-order valence-corrected chi connectivity index (χ2v) is 7.00. The third-order valence-electron chi connectivity index (χ3n) is 3.62. The first-order valence-corrected chi connectivity index (χ1v) is 9.03.